The first kappa shape index (κ1) is 18.7. The molecule has 0 amide bonds. The summed E-state index contributed by atoms with van der Waals surface area (Å²) in [5.41, 5.74) is 0.970. The van der Waals surface area contributed by atoms with E-state index >= 15 is 0 Å². The normalized spacial score (nSPS) is 18.8. The maximum absolute atomic E-state index is 12.4. The first-order valence-corrected chi connectivity index (χ1v) is 8.76. The zero-order valence-corrected chi connectivity index (χ0v) is 14.6. The third-order valence-corrected chi connectivity index (χ3v) is 5.54. The molecular formula is C14H22Cl2N2O2S. The average molecular weight is 353 g/mol. The zero-order chi connectivity index (χ0) is 14.8. The topological polar surface area (TPSA) is 58.2 Å². The molecule has 0 radical (unpaired) electrons. The van der Waals surface area contributed by atoms with Crippen molar-refractivity contribution in [2.24, 2.45) is 5.92 Å². The van der Waals surface area contributed by atoms with Crippen LogP contribution < -0.4 is 10.0 Å². The summed E-state index contributed by atoms with van der Waals surface area (Å²) in [6.07, 6.45) is 1.00. The van der Waals surface area contributed by atoms with Crippen LogP contribution in [0.3, 0.4) is 0 Å². The quantitative estimate of drug-likeness (QED) is 0.856. The van der Waals surface area contributed by atoms with Crippen LogP contribution in [0.4, 0.5) is 0 Å². The van der Waals surface area contributed by atoms with E-state index in [2.05, 4.69) is 10.0 Å². The lowest BCUT2D eigenvalue weighted by Gasteiger charge is -2.14. The summed E-state index contributed by atoms with van der Waals surface area (Å²) in [5.74, 6) is 0.622. The molecule has 0 bridgehead atoms. The molecule has 1 aromatic rings. The molecule has 120 valence electrons. The van der Waals surface area contributed by atoms with Gasteiger partial charge in [-0.15, -0.1) is 12.4 Å². The third-order valence-electron chi connectivity index (χ3n) is 3.64. The van der Waals surface area contributed by atoms with Crippen molar-refractivity contribution >= 4 is 34.0 Å². The average Bonchev–Trinajstić information content (AvgIpc) is 2.89. The lowest BCUT2D eigenvalue weighted by atomic mass is 10.0. The van der Waals surface area contributed by atoms with Gasteiger partial charge in [0.05, 0.1) is 5.02 Å². The standard InChI is InChI=1S/C14H21ClN2O2S.ClH/c1-10(2)12-3-4-13(15)14(7-12)20(18,19)17-9-11-5-6-16-8-11;/h3-4,7,10-11,16-17H,5-6,8-9H2,1-2H3;1H. The van der Waals surface area contributed by atoms with Crippen LogP contribution in [0.2, 0.25) is 5.02 Å². The number of hydrogen-bond donors (Lipinski definition) is 2. The molecule has 2 rings (SSSR count). The summed E-state index contributed by atoms with van der Waals surface area (Å²) in [6.45, 7) is 6.32. The van der Waals surface area contributed by atoms with E-state index in [0.29, 0.717) is 12.5 Å². The highest BCUT2D eigenvalue weighted by molar-refractivity contribution is 7.89. The van der Waals surface area contributed by atoms with Crippen molar-refractivity contribution in [2.45, 2.75) is 31.1 Å². The van der Waals surface area contributed by atoms with Crippen molar-refractivity contribution in [1.29, 1.82) is 0 Å². The largest absolute Gasteiger partial charge is 0.316 e. The van der Waals surface area contributed by atoms with Gasteiger partial charge in [-0.3, -0.25) is 0 Å². The van der Waals surface area contributed by atoms with Crippen molar-refractivity contribution in [3.05, 3.63) is 28.8 Å². The van der Waals surface area contributed by atoms with Crippen LogP contribution >= 0.6 is 24.0 Å². The first-order valence-electron chi connectivity index (χ1n) is 6.90. The maximum Gasteiger partial charge on any atom is 0.242 e. The van der Waals surface area contributed by atoms with Crippen LogP contribution in [0.25, 0.3) is 0 Å². The van der Waals surface area contributed by atoms with Gasteiger partial charge in [-0.1, -0.05) is 31.5 Å². The van der Waals surface area contributed by atoms with Gasteiger partial charge in [0.2, 0.25) is 10.0 Å². The van der Waals surface area contributed by atoms with Gasteiger partial charge < -0.3 is 5.32 Å². The van der Waals surface area contributed by atoms with Gasteiger partial charge in [-0.2, -0.15) is 0 Å². The molecule has 0 saturated carbocycles. The van der Waals surface area contributed by atoms with Crippen molar-refractivity contribution in [1.82, 2.24) is 10.0 Å². The fraction of sp³-hybridized carbons (Fsp3) is 0.571. The molecule has 1 unspecified atom stereocenters. The van der Waals surface area contributed by atoms with Crippen LogP contribution in [0.1, 0.15) is 31.7 Å². The molecular weight excluding hydrogens is 331 g/mol. The van der Waals surface area contributed by atoms with E-state index in [4.69, 9.17) is 11.6 Å². The van der Waals surface area contributed by atoms with Crippen molar-refractivity contribution in [2.75, 3.05) is 19.6 Å². The molecule has 1 aliphatic rings. The minimum absolute atomic E-state index is 0. The van der Waals surface area contributed by atoms with Gasteiger partial charge in [-0.05, 0) is 49.0 Å². The number of nitrogens with one attached hydrogen (secondary N) is 2. The highest BCUT2D eigenvalue weighted by atomic mass is 35.5. The van der Waals surface area contributed by atoms with E-state index < -0.39 is 10.0 Å². The molecule has 2 N–H and O–H groups in total. The van der Waals surface area contributed by atoms with Gasteiger partial charge in [0.15, 0.2) is 0 Å². The Hall–Kier alpha value is -0.330. The third kappa shape index (κ3) is 4.83. The van der Waals surface area contributed by atoms with Crippen LogP contribution in [0, 0.1) is 5.92 Å². The smallest absolute Gasteiger partial charge is 0.242 e. The zero-order valence-electron chi connectivity index (χ0n) is 12.2. The number of sulfonamides is 1. The number of hydrogen-bond acceptors (Lipinski definition) is 3. The number of halogens is 2. The number of rotatable bonds is 5. The second-order valence-corrected chi connectivity index (χ2v) is 7.70. The minimum atomic E-state index is -3.54. The Morgan fingerprint density at radius 2 is 2.14 bits per heavy atom. The second-order valence-electron chi connectivity index (χ2n) is 5.56. The molecule has 1 heterocycles. The van der Waals surface area contributed by atoms with Gasteiger partial charge in [0.25, 0.3) is 0 Å². The van der Waals surface area contributed by atoms with E-state index in [0.717, 1.165) is 25.1 Å². The van der Waals surface area contributed by atoms with Gasteiger partial charge in [0, 0.05) is 6.54 Å². The molecule has 0 aromatic heterocycles. The molecule has 4 nitrogen and oxygen atoms in total. The Balaban J connectivity index is 0.00000220. The van der Waals surface area contributed by atoms with Crippen molar-refractivity contribution < 1.29 is 8.42 Å². The van der Waals surface area contributed by atoms with Crippen LogP contribution in [0.15, 0.2) is 23.1 Å². The Labute approximate surface area is 138 Å². The summed E-state index contributed by atoms with van der Waals surface area (Å²) in [4.78, 5) is 0.177. The molecule has 1 aromatic carbocycles. The van der Waals surface area contributed by atoms with E-state index in [1.807, 2.05) is 19.9 Å². The molecule has 7 heteroatoms. The fourth-order valence-electron chi connectivity index (χ4n) is 2.28. The SMILES string of the molecule is CC(C)c1ccc(Cl)c(S(=O)(=O)NCC2CCNC2)c1.Cl. The lowest BCUT2D eigenvalue weighted by molar-refractivity contribution is 0.538. The first-order chi connectivity index (χ1) is 9.40. The van der Waals surface area contributed by atoms with Gasteiger partial charge >= 0.3 is 0 Å². The highest BCUT2D eigenvalue weighted by Crippen LogP contribution is 2.26. The molecule has 1 atom stereocenters. The Kier molecular flexibility index (Phi) is 6.94. The molecule has 1 saturated heterocycles. The maximum atomic E-state index is 12.4. The van der Waals surface area contributed by atoms with Crippen molar-refractivity contribution in [3.8, 4) is 0 Å². The summed E-state index contributed by atoms with van der Waals surface area (Å²) >= 11 is 6.05. The summed E-state index contributed by atoms with van der Waals surface area (Å²) in [5, 5.41) is 3.49. The molecule has 1 aliphatic heterocycles. The van der Waals surface area contributed by atoms with Gasteiger partial charge in [0.1, 0.15) is 4.90 Å². The lowest BCUT2D eigenvalue weighted by Crippen LogP contribution is -2.30. The Morgan fingerprint density at radius 1 is 1.43 bits per heavy atom. The highest BCUT2D eigenvalue weighted by Gasteiger charge is 2.22. The van der Waals surface area contributed by atoms with E-state index in [9.17, 15) is 8.42 Å². The van der Waals surface area contributed by atoms with Gasteiger partial charge in [-0.25, -0.2) is 13.1 Å². The summed E-state index contributed by atoms with van der Waals surface area (Å²) in [7, 11) is -3.54. The summed E-state index contributed by atoms with van der Waals surface area (Å²) < 4.78 is 27.4. The van der Waals surface area contributed by atoms with E-state index in [1.54, 1.807) is 12.1 Å². The fourth-order valence-corrected chi connectivity index (χ4v) is 3.93. The molecule has 0 aliphatic carbocycles. The Bertz CT molecular complexity index is 570. The predicted octanol–water partition coefficient (Wildman–Crippen LogP) is 2.77. The van der Waals surface area contributed by atoms with Crippen LogP contribution in [-0.4, -0.2) is 28.1 Å². The molecule has 0 spiro atoms. The van der Waals surface area contributed by atoms with E-state index in [1.165, 1.54) is 0 Å². The van der Waals surface area contributed by atoms with E-state index in [-0.39, 0.29) is 28.2 Å². The van der Waals surface area contributed by atoms with Crippen LogP contribution in [0.5, 0.6) is 0 Å². The monoisotopic (exact) mass is 352 g/mol. The molecule has 1 fully saturated rings. The number of benzene rings is 1. The summed E-state index contributed by atoms with van der Waals surface area (Å²) in [6, 6.07) is 5.19. The Morgan fingerprint density at radius 3 is 2.71 bits per heavy atom. The second kappa shape index (κ2) is 7.79. The molecule has 21 heavy (non-hydrogen) atoms. The predicted molar refractivity (Wildman–Crippen MR) is 89.0 cm³/mol. The van der Waals surface area contributed by atoms with Crippen molar-refractivity contribution in [3.63, 3.8) is 0 Å². The van der Waals surface area contributed by atoms with Crippen LogP contribution in [-0.2, 0) is 10.0 Å². The minimum Gasteiger partial charge on any atom is -0.316 e.